The molecule has 1 heterocycles. The lowest BCUT2D eigenvalue weighted by molar-refractivity contribution is -0.117. The molecule has 0 radical (unpaired) electrons. The zero-order valence-electron chi connectivity index (χ0n) is 20.9. The molecule has 3 aromatic rings. The highest BCUT2D eigenvalue weighted by atomic mass is 16.5. The molecule has 1 aliphatic rings. The van der Waals surface area contributed by atoms with Crippen LogP contribution in [0, 0.1) is 0 Å². The van der Waals surface area contributed by atoms with Crippen molar-refractivity contribution in [2.45, 2.75) is 25.4 Å². The highest BCUT2D eigenvalue weighted by Gasteiger charge is 2.27. The first-order valence-electron chi connectivity index (χ1n) is 12.2. The number of benzene rings is 3. The number of carbonyl (C=O) groups excluding carboxylic acids is 2. The normalized spacial score (nSPS) is 15.6. The van der Waals surface area contributed by atoms with Gasteiger partial charge in [0.15, 0.2) is 0 Å². The van der Waals surface area contributed by atoms with Gasteiger partial charge < -0.3 is 19.7 Å². The first kappa shape index (κ1) is 25.4. The van der Waals surface area contributed by atoms with Crippen molar-refractivity contribution in [3.8, 4) is 11.5 Å². The van der Waals surface area contributed by atoms with Crippen LogP contribution in [0.15, 0.2) is 78.9 Å². The number of methoxy groups -OCH3 is 1. The molecule has 188 valence electrons. The van der Waals surface area contributed by atoms with Crippen molar-refractivity contribution in [1.82, 2.24) is 9.80 Å². The van der Waals surface area contributed by atoms with Gasteiger partial charge in [-0.15, -0.1) is 0 Å². The summed E-state index contributed by atoms with van der Waals surface area (Å²) in [4.78, 5) is 28.9. The van der Waals surface area contributed by atoms with E-state index in [1.54, 1.807) is 12.1 Å². The number of anilines is 1. The lowest BCUT2D eigenvalue weighted by atomic mass is 10.1. The van der Waals surface area contributed by atoms with Gasteiger partial charge in [0, 0.05) is 24.8 Å². The van der Waals surface area contributed by atoms with E-state index >= 15 is 0 Å². The molecule has 4 rings (SSSR count). The fraction of sp³-hybridized carbons (Fsp3) is 0.310. The maximum Gasteiger partial charge on any atom is 0.337 e. The monoisotopic (exact) mass is 487 g/mol. The molecule has 7 nitrogen and oxygen atoms in total. The van der Waals surface area contributed by atoms with Crippen LogP contribution in [0.1, 0.15) is 28.8 Å². The molecule has 1 amide bonds. The number of amides is 1. The third-order valence-electron chi connectivity index (χ3n) is 6.31. The summed E-state index contributed by atoms with van der Waals surface area (Å²) in [6.07, 6.45) is 2.16. The molecule has 0 bridgehead atoms. The summed E-state index contributed by atoms with van der Waals surface area (Å²) >= 11 is 0. The summed E-state index contributed by atoms with van der Waals surface area (Å²) in [5, 5.41) is 3.01. The minimum atomic E-state index is -0.328. The predicted molar refractivity (Wildman–Crippen MR) is 140 cm³/mol. The van der Waals surface area contributed by atoms with Gasteiger partial charge in [-0.3, -0.25) is 9.69 Å². The van der Waals surface area contributed by atoms with E-state index in [1.165, 1.54) is 7.11 Å². The smallest absolute Gasteiger partial charge is 0.337 e. The van der Waals surface area contributed by atoms with Crippen LogP contribution in [0.3, 0.4) is 0 Å². The molecule has 0 aromatic heterocycles. The fourth-order valence-electron chi connectivity index (χ4n) is 4.53. The fourth-order valence-corrected chi connectivity index (χ4v) is 4.53. The Kier molecular flexibility index (Phi) is 8.71. The number of para-hydroxylation sites is 1. The van der Waals surface area contributed by atoms with Crippen LogP contribution in [-0.2, 0) is 16.1 Å². The van der Waals surface area contributed by atoms with Gasteiger partial charge in [-0.1, -0.05) is 30.3 Å². The zero-order chi connectivity index (χ0) is 25.3. The lowest BCUT2D eigenvalue weighted by Crippen LogP contribution is -2.42. The van der Waals surface area contributed by atoms with Gasteiger partial charge in [-0.2, -0.15) is 0 Å². The molecule has 1 fully saturated rings. The molecule has 1 atom stereocenters. The molecular weight excluding hydrogens is 454 g/mol. The molecule has 36 heavy (non-hydrogen) atoms. The topological polar surface area (TPSA) is 71.1 Å². The second-order valence-electron chi connectivity index (χ2n) is 9.14. The molecule has 0 spiro atoms. The van der Waals surface area contributed by atoms with E-state index in [4.69, 9.17) is 9.47 Å². The number of nitrogens with zero attached hydrogens (tertiary/aromatic N) is 2. The number of likely N-dealkylation sites (tertiary alicyclic amines) is 1. The molecule has 7 heteroatoms. The van der Waals surface area contributed by atoms with Crippen molar-refractivity contribution < 1.29 is 19.1 Å². The molecular formula is C29H33N3O4. The molecule has 0 saturated carbocycles. The van der Waals surface area contributed by atoms with Crippen molar-refractivity contribution in [1.29, 1.82) is 0 Å². The van der Waals surface area contributed by atoms with Crippen molar-refractivity contribution >= 4 is 17.6 Å². The number of carbonyl (C=O) groups is 2. The summed E-state index contributed by atoms with van der Waals surface area (Å²) in [7, 11) is 3.47. The second-order valence-corrected chi connectivity index (χ2v) is 9.14. The van der Waals surface area contributed by atoms with Crippen LogP contribution in [0.4, 0.5) is 5.69 Å². The molecule has 1 unspecified atom stereocenters. The maximum atomic E-state index is 12.7. The summed E-state index contributed by atoms with van der Waals surface area (Å²) in [5.74, 6) is 1.16. The van der Waals surface area contributed by atoms with Crippen molar-refractivity contribution in [2.75, 3.05) is 39.1 Å². The molecule has 0 aliphatic carbocycles. The number of nitrogens with one attached hydrogen (secondary N) is 1. The van der Waals surface area contributed by atoms with Crippen LogP contribution in [-0.4, -0.2) is 61.5 Å². The number of ether oxygens (including phenoxy) is 2. The Morgan fingerprint density at radius 2 is 1.67 bits per heavy atom. The van der Waals surface area contributed by atoms with Gasteiger partial charge >= 0.3 is 5.97 Å². The summed E-state index contributed by atoms with van der Waals surface area (Å²) in [6, 6.07) is 24.9. The molecule has 1 aliphatic heterocycles. The van der Waals surface area contributed by atoms with Crippen LogP contribution < -0.4 is 10.1 Å². The minimum absolute atomic E-state index is 0.0142. The van der Waals surface area contributed by atoms with Gasteiger partial charge in [0.1, 0.15) is 11.5 Å². The van der Waals surface area contributed by atoms with E-state index < -0.39 is 0 Å². The Balaban J connectivity index is 1.24. The summed E-state index contributed by atoms with van der Waals surface area (Å²) < 4.78 is 10.6. The third kappa shape index (κ3) is 7.16. The largest absolute Gasteiger partial charge is 0.465 e. The van der Waals surface area contributed by atoms with Gasteiger partial charge in [-0.25, -0.2) is 4.79 Å². The van der Waals surface area contributed by atoms with Crippen LogP contribution in [0.5, 0.6) is 11.5 Å². The Morgan fingerprint density at radius 3 is 2.36 bits per heavy atom. The van der Waals surface area contributed by atoms with E-state index in [9.17, 15) is 9.59 Å². The number of esters is 1. The highest BCUT2D eigenvalue weighted by Crippen LogP contribution is 2.23. The third-order valence-corrected chi connectivity index (χ3v) is 6.31. The molecule has 3 aromatic carbocycles. The Hall–Kier alpha value is -3.68. The Bertz CT molecular complexity index is 1130. The van der Waals surface area contributed by atoms with E-state index in [0.29, 0.717) is 18.2 Å². The Morgan fingerprint density at radius 1 is 0.972 bits per heavy atom. The van der Waals surface area contributed by atoms with E-state index in [-0.39, 0.29) is 11.9 Å². The Labute approximate surface area is 212 Å². The van der Waals surface area contributed by atoms with Crippen LogP contribution in [0.2, 0.25) is 0 Å². The number of hydrogen-bond donors (Lipinski definition) is 1. The standard InChI is InChI=1S/C29H33N3O4/c1-31(19-22-10-12-23(13-11-22)29(34)35-2)20-25-7-6-18-32(25)21-28(33)30-24-14-16-27(17-15-24)36-26-8-4-3-5-9-26/h3-5,8-17,25H,6-7,18-21H2,1-2H3,(H,30,33). The summed E-state index contributed by atoms with van der Waals surface area (Å²) in [5.41, 5.74) is 2.44. The summed E-state index contributed by atoms with van der Waals surface area (Å²) in [6.45, 7) is 2.94. The average molecular weight is 488 g/mol. The van der Waals surface area contributed by atoms with Gasteiger partial charge in [0.05, 0.1) is 19.2 Å². The lowest BCUT2D eigenvalue weighted by Gasteiger charge is -2.28. The van der Waals surface area contributed by atoms with Gasteiger partial charge in [0.2, 0.25) is 5.91 Å². The van der Waals surface area contributed by atoms with Crippen LogP contribution >= 0.6 is 0 Å². The average Bonchev–Trinajstić information content (AvgIpc) is 3.31. The SMILES string of the molecule is COC(=O)c1ccc(CN(C)CC2CCCN2CC(=O)Nc2ccc(Oc3ccccc3)cc2)cc1. The highest BCUT2D eigenvalue weighted by molar-refractivity contribution is 5.92. The maximum absolute atomic E-state index is 12.7. The number of likely N-dealkylation sites (N-methyl/N-ethyl adjacent to an activating group) is 1. The van der Waals surface area contributed by atoms with Gasteiger partial charge in [0.25, 0.3) is 0 Å². The number of hydrogen-bond acceptors (Lipinski definition) is 6. The molecule has 1 saturated heterocycles. The first-order chi connectivity index (χ1) is 17.5. The quantitative estimate of drug-likeness (QED) is 0.414. The van der Waals surface area contributed by atoms with Crippen LogP contribution in [0.25, 0.3) is 0 Å². The van der Waals surface area contributed by atoms with Crippen molar-refractivity contribution in [2.24, 2.45) is 0 Å². The van der Waals surface area contributed by atoms with E-state index in [1.807, 2.05) is 66.7 Å². The van der Waals surface area contributed by atoms with Crippen molar-refractivity contribution in [3.05, 3.63) is 90.0 Å². The second kappa shape index (κ2) is 12.3. The van der Waals surface area contributed by atoms with E-state index in [0.717, 1.165) is 55.2 Å². The zero-order valence-corrected chi connectivity index (χ0v) is 20.9. The van der Waals surface area contributed by atoms with Crippen molar-refractivity contribution in [3.63, 3.8) is 0 Å². The predicted octanol–water partition coefficient (Wildman–Crippen LogP) is 4.80. The first-order valence-corrected chi connectivity index (χ1v) is 12.2. The number of rotatable bonds is 10. The molecule has 1 N–H and O–H groups in total. The van der Waals surface area contributed by atoms with E-state index in [2.05, 4.69) is 22.2 Å². The minimum Gasteiger partial charge on any atom is -0.465 e. The van der Waals surface area contributed by atoms with Gasteiger partial charge in [-0.05, 0) is 80.5 Å².